The molecule has 1 unspecified atom stereocenters. The van der Waals surface area contributed by atoms with Crippen LogP contribution in [0.4, 0.5) is 0 Å². The Balaban J connectivity index is 0.00000200. The van der Waals surface area contributed by atoms with Crippen molar-refractivity contribution in [1.82, 2.24) is 10.6 Å². The lowest BCUT2D eigenvalue weighted by Gasteiger charge is -2.27. The number of carbonyl (C=O) groups excluding carboxylic acids is 1. The van der Waals surface area contributed by atoms with Gasteiger partial charge >= 0.3 is 0 Å². The monoisotopic (exact) mass is 318 g/mol. The lowest BCUT2D eigenvalue weighted by Crippen LogP contribution is -2.49. The van der Waals surface area contributed by atoms with Gasteiger partial charge in [0.05, 0.1) is 0 Å². The summed E-state index contributed by atoms with van der Waals surface area (Å²) in [6.07, 6.45) is -0.507. The number of ether oxygens (including phenoxy) is 1. The Kier molecular flexibility index (Phi) is 6.59. The van der Waals surface area contributed by atoms with E-state index in [4.69, 9.17) is 16.3 Å². The number of halogens is 2. The van der Waals surface area contributed by atoms with Crippen LogP contribution in [0.3, 0.4) is 0 Å². The van der Waals surface area contributed by atoms with Gasteiger partial charge in [0, 0.05) is 30.6 Å². The average Bonchev–Trinajstić information content (AvgIpc) is 2.30. The molecule has 1 aliphatic heterocycles. The van der Waals surface area contributed by atoms with E-state index in [0.717, 1.165) is 18.7 Å². The fraction of sp³-hybridized carbons (Fsp3) is 0.500. The van der Waals surface area contributed by atoms with Gasteiger partial charge in [0.25, 0.3) is 5.91 Å². The quantitative estimate of drug-likeness (QED) is 0.874. The van der Waals surface area contributed by atoms with Crippen LogP contribution in [0.15, 0.2) is 18.2 Å². The molecule has 0 aliphatic carbocycles. The minimum atomic E-state index is -0.507. The first-order valence-corrected chi connectivity index (χ1v) is 6.85. The van der Waals surface area contributed by atoms with Crippen molar-refractivity contribution in [2.75, 3.05) is 19.6 Å². The van der Waals surface area contributed by atoms with Crippen LogP contribution in [0.1, 0.15) is 12.5 Å². The minimum absolute atomic E-state index is 0. The first-order valence-electron chi connectivity index (χ1n) is 6.47. The van der Waals surface area contributed by atoms with Gasteiger partial charge in [0.1, 0.15) is 5.75 Å². The van der Waals surface area contributed by atoms with Crippen molar-refractivity contribution in [2.45, 2.75) is 20.0 Å². The zero-order valence-electron chi connectivity index (χ0n) is 11.6. The number of hydrogen-bond acceptors (Lipinski definition) is 3. The first kappa shape index (κ1) is 17.1. The standard InChI is InChI=1S/C14H19ClN2O2.ClH/c1-9-5-12(15)3-4-13(9)19-10(2)14(18)17-8-11-6-16-7-11;/h3-5,10-11,16H,6-8H2,1-2H3,(H,17,18);1H. The van der Waals surface area contributed by atoms with E-state index >= 15 is 0 Å². The molecule has 0 spiro atoms. The normalized spacial score (nSPS) is 15.8. The average molecular weight is 319 g/mol. The van der Waals surface area contributed by atoms with Crippen molar-refractivity contribution in [2.24, 2.45) is 5.92 Å². The van der Waals surface area contributed by atoms with Crippen molar-refractivity contribution < 1.29 is 9.53 Å². The molecule has 2 N–H and O–H groups in total. The van der Waals surface area contributed by atoms with E-state index in [-0.39, 0.29) is 18.3 Å². The molecule has 112 valence electrons. The molecule has 0 bridgehead atoms. The van der Waals surface area contributed by atoms with Crippen molar-refractivity contribution in [3.8, 4) is 5.75 Å². The van der Waals surface area contributed by atoms with Crippen molar-refractivity contribution in [1.29, 1.82) is 0 Å². The number of aryl methyl sites for hydroxylation is 1. The first-order chi connectivity index (χ1) is 9.06. The molecular formula is C14H20Cl2N2O2. The fourth-order valence-electron chi connectivity index (χ4n) is 1.87. The molecule has 1 amide bonds. The van der Waals surface area contributed by atoms with E-state index in [1.54, 1.807) is 19.1 Å². The van der Waals surface area contributed by atoms with E-state index < -0.39 is 6.10 Å². The summed E-state index contributed by atoms with van der Waals surface area (Å²) < 4.78 is 5.66. The van der Waals surface area contributed by atoms with Gasteiger partial charge in [-0.05, 0) is 37.6 Å². The number of benzene rings is 1. The molecule has 1 aromatic rings. The Morgan fingerprint density at radius 1 is 1.55 bits per heavy atom. The molecule has 1 aromatic carbocycles. The van der Waals surface area contributed by atoms with Crippen LogP contribution in [-0.4, -0.2) is 31.6 Å². The summed E-state index contributed by atoms with van der Waals surface area (Å²) in [5.74, 6) is 1.16. The van der Waals surface area contributed by atoms with Crippen LogP contribution in [0.5, 0.6) is 5.75 Å². The largest absolute Gasteiger partial charge is 0.481 e. The van der Waals surface area contributed by atoms with E-state index in [1.165, 1.54) is 0 Å². The van der Waals surface area contributed by atoms with Gasteiger partial charge in [-0.15, -0.1) is 12.4 Å². The summed E-state index contributed by atoms with van der Waals surface area (Å²) in [5, 5.41) is 6.74. The second kappa shape index (κ2) is 7.72. The van der Waals surface area contributed by atoms with Gasteiger partial charge in [0.15, 0.2) is 6.10 Å². The van der Waals surface area contributed by atoms with E-state index in [1.807, 2.05) is 13.0 Å². The predicted molar refractivity (Wildman–Crippen MR) is 82.9 cm³/mol. The number of carbonyl (C=O) groups is 1. The van der Waals surface area contributed by atoms with Gasteiger partial charge in [-0.2, -0.15) is 0 Å². The molecule has 4 nitrogen and oxygen atoms in total. The summed E-state index contributed by atoms with van der Waals surface area (Å²) in [5.41, 5.74) is 0.926. The van der Waals surface area contributed by atoms with Crippen molar-refractivity contribution in [3.63, 3.8) is 0 Å². The molecule has 1 atom stereocenters. The predicted octanol–water partition coefficient (Wildman–Crippen LogP) is 2.17. The Bertz CT molecular complexity index is 464. The maximum Gasteiger partial charge on any atom is 0.260 e. The fourth-order valence-corrected chi connectivity index (χ4v) is 2.10. The van der Waals surface area contributed by atoms with Gasteiger partial charge in [-0.25, -0.2) is 0 Å². The molecule has 1 aliphatic rings. The third-order valence-electron chi connectivity index (χ3n) is 3.24. The molecular weight excluding hydrogens is 299 g/mol. The third-order valence-corrected chi connectivity index (χ3v) is 3.48. The topological polar surface area (TPSA) is 50.4 Å². The smallest absolute Gasteiger partial charge is 0.260 e. The molecule has 1 saturated heterocycles. The van der Waals surface area contributed by atoms with Gasteiger partial charge in [0.2, 0.25) is 0 Å². The second-order valence-corrected chi connectivity index (χ2v) is 5.38. The van der Waals surface area contributed by atoms with Crippen LogP contribution in [0.25, 0.3) is 0 Å². The summed E-state index contributed by atoms with van der Waals surface area (Å²) in [6.45, 7) is 6.32. The van der Waals surface area contributed by atoms with Crippen molar-refractivity contribution in [3.05, 3.63) is 28.8 Å². The highest BCUT2D eigenvalue weighted by atomic mass is 35.5. The third kappa shape index (κ3) is 4.54. The number of amides is 1. The zero-order chi connectivity index (χ0) is 13.8. The molecule has 1 heterocycles. The van der Waals surface area contributed by atoms with E-state index in [2.05, 4.69) is 10.6 Å². The molecule has 0 saturated carbocycles. The molecule has 1 fully saturated rings. The van der Waals surface area contributed by atoms with Crippen molar-refractivity contribution >= 4 is 29.9 Å². The van der Waals surface area contributed by atoms with E-state index in [9.17, 15) is 4.79 Å². The van der Waals surface area contributed by atoms with Crippen LogP contribution in [0.2, 0.25) is 5.02 Å². The molecule has 6 heteroatoms. The number of rotatable bonds is 5. The number of hydrogen-bond donors (Lipinski definition) is 2. The summed E-state index contributed by atoms with van der Waals surface area (Å²) in [6, 6.07) is 5.37. The van der Waals surface area contributed by atoms with Crippen LogP contribution < -0.4 is 15.4 Å². The van der Waals surface area contributed by atoms with Crippen LogP contribution in [0, 0.1) is 12.8 Å². The minimum Gasteiger partial charge on any atom is -0.481 e. The van der Waals surface area contributed by atoms with Gasteiger partial charge in [-0.3, -0.25) is 4.79 Å². The zero-order valence-corrected chi connectivity index (χ0v) is 13.2. The molecule has 0 radical (unpaired) electrons. The second-order valence-electron chi connectivity index (χ2n) is 4.94. The summed E-state index contributed by atoms with van der Waals surface area (Å²) in [7, 11) is 0. The molecule has 20 heavy (non-hydrogen) atoms. The molecule has 0 aromatic heterocycles. The SMILES string of the molecule is Cc1cc(Cl)ccc1OC(C)C(=O)NCC1CNC1.Cl. The maximum atomic E-state index is 11.9. The maximum absolute atomic E-state index is 11.9. The van der Waals surface area contributed by atoms with Crippen LogP contribution in [-0.2, 0) is 4.79 Å². The lowest BCUT2D eigenvalue weighted by molar-refractivity contribution is -0.127. The Morgan fingerprint density at radius 2 is 2.25 bits per heavy atom. The summed E-state index contributed by atoms with van der Waals surface area (Å²) >= 11 is 5.88. The molecule has 2 rings (SSSR count). The summed E-state index contributed by atoms with van der Waals surface area (Å²) in [4.78, 5) is 11.9. The van der Waals surface area contributed by atoms with Gasteiger partial charge < -0.3 is 15.4 Å². The highest BCUT2D eigenvalue weighted by Gasteiger charge is 2.20. The van der Waals surface area contributed by atoms with Crippen LogP contribution >= 0.6 is 24.0 Å². The highest BCUT2D eigenvalue weighted by molar-refractivity contribution is 6.30. The Morgan fingerprint density at radius 3 is 2.80 bits per heavy atom. The lowest BCUT2D eigenvalue weighted by atomic mass is 10.0. The Hall–Kier alpha value is -0.970. The van der Waals surface area contributed by atoms with Gasteiger partial charge in [-0.1, -0.05) is 11.6 Å². The highest BCUT2D eigenvalue weighted by Crippen LogP contribution is 2.22. The van der Waals surface area contributed by atoms with E-state index in [0.29, 0.717) is 23.2 Å². The number of nitrogens with one attached hydrogen (secondary N) is 2. The Labute approximate surface area is 130 Å².